The zero-order chi connectivity index (χ0) is 17.6. The van der Waals surface area contributed by atoms with Crippen molar-refractivity contribution in [3.63, 3.8) is 0 Å². The van der Waals surface area contributed by atoms with Gasteiger partial charge in [0, 0.05) is 24.2 Å². The van der Waals surface area contributed by atoms with E-state index >= 15 is 0 Å². The van der Waals surface area contributed by atoms with Crippen molar-refractivity contribution in [3.8, 4) is 5.75 Å². The topological polar surface area (TPSA) is 51.2 Å². The molecule has 0 saturated carbocycles. The molecule has 1 N–H and O–H groups in total. The maximum atomic E-state index is 13.5. The quantitative estimate of drug-likeness (QED) is 0.695. The fourth-order valence-corrected chi connectivity index (χ4v) is 2.42. The standard InChI is InChI=1S/C19H16F2N2O2/c20-14-7-8-15(16(21)12-14)19(24)23-10-3-11-25-17-6-1-4-13-5-2-9-22-18(13)17/h1-2,4-9,12H,3,10-11H2,(H,23,24). The van der Waals surface area contributed by atoms with Crippen molar-refractivity contribution >= 4 is 16.8 Å². The van der Waals surface area contributed by atoms with Crippen LogP contribution < -0.4 is 10.1 Å². The average Bonchev–Trinajstić information content (AvgIpc) is 2.61. The van der Waals surface area contributed by atoms with Crippen molar-refractivity contribution in [2.24, 2.45) is 0 Å². The molecule has 25 heavy (non-hydrogen) atoms. The SMILES string of the molecule is O=C(NCCCOc1cccc2cccnc12)c1ccc(F)cc1F. The van der Waals surface area contributed by atoms with Gasteiger partial charge in [-0.15, -0.1) is 0 Å². The van der Waals surface area contributed by atoms with Crippen molar-refractivity contribution in [1.82, 2.24) is 10.3 Å². The smallest absolute Gasteiger partial charge is 0.254 e. The van der Waals surface area contributed by atoms with Crippen LogP contribution in [0, 0.1) is 11.6 Å². The first-order valence-corrected chi connectivity index (χ1v) is 7.85. The summed E-state index contributed by atoms with van der Waals surface area (Å²) in [6, 6.07) is 12.3. The molecule has 0 aliphatic carbocycles. The molecule has 2 aromatic carbocycles. The summed E-state index contributed by atoms with van der Waals surface area (Å²) in [6.45, 7) is 0.690. The Labute approximate surface area is 143 Å². The Hall–Kier alpha value is -3.02. The molecule has 0 bridgehead atoms. The predicted octanol–water partition coefficient (Wildman–Crippen LogP) is 3.71. The molecule has 0 saturated heterocycles. The third kappa shape index (κ3) is 4.09. The van der Waals surface area contributed by atoms with E-state index in [9.17, 15) is 13.6 Å². The second-order valence-corrected chi connectivity index (χ2v) is 5.41. The Morgan fingerprint density at radius 1 is 1.12 bits per heavy atom. The number of hydrogen-bond acceptors (Lipinski definition) is 3. The van der Waals surface area contributed by atoms with E-state index in [0.29, 0.717) is 31.4 Å². The Balaban J connectivity index is 1.49. The summed E-state index contributed by atoms with van der Waals surface area (Å²) in [5.41, 5.74) is 0.600. The molecule has 4 nitrogen and oxygen atoms in total. The number of para-hydroxylation sites is 1. The summed E-state index contributed by atoms with van der Waals surface area (Å²) in [6.07, 6.45) is 2.24. The lowest BCUT2D eigenvalue weighted by Gasteiger charge is -2.09. The molecule has 0 unspecified atom stereocenters. The normalized spacial score (nSPS) is 10.6. The number of carbonyl (C=O) groups is 1. The lowest BCUT2D eigenvalue weighted by Crippen LogP contribution is -2.26. The molecule has 0 aliphatic heterocycles. The number of fused-ring (bicyclic) bond motifs is 1. The van der Waals surface area contributed by atoms with E-state index in [1.54, 1.807) is 6.20 Å². The van der Waals surface area contributed by atoms with Gasteiger partial charge < -0.3 is 10.1 Å². The van der Waals surface area contributed by atoms with Crippen molar-refractivity contribution in [2.75, 3.05) is 13.2 Å². The molecular weight excluding hydrogens is 326 g/mol. The van der Waals surface area contributed by atoms with Crippen LogP contribution in [0.3, 0.4) is 0 Å². The fraction of sp³-hybridized carbons (Fsp3) is 0.158. The van der Waals surface area contributed by atoms with Gasteiger partial charge in [0.25, 0.3) is 5.91 Å². The average molecular weight is 342 g/mol. The highest BCUT2D eigenvalue weighted by molar-refractivity contribution is 5.94. The number of amides is 1. The molecule has 0 atom stereocenters. The van der Waals surface area contributed by atoms with E-state index in [4.69, 9.17) is 4.74 Å². The first kappa shape index (κ1) is 16.8. The van der Waals surface area contributed by atoms with Crippen molar-refractivity contribution in [2.45, 2.75) is 6.42 Å². The third-order valence-electron chi connectivity index (χ3n) is 3.64. The highest BCUT2D eigenvalue weighted by atomic mass is 19.1. The number of nitrogens with zero attached hydrogens (tertiary/aromatic N) is 1. The van der Waals surface area contributed by atoms with Crippen LogP contribution in [0.1, 0.15) is 16.8 Å². The molecule has 128 valence electrons. The van der Waals surface area contributed by atoms with Gasteiger partial charge in [-0.3, -0.25) is 9.78 Å². The molecule has 0 fully saturated rings. The minimum absolute atomic E-state index is 0.180. The first-order valence-electron chi connectivity index (χ1n) is 7.85. The van der Waals surface area contributed by atoms with Gasteiger partial charge in [-0.25, -0.2) is 8.78 Å². The number of hydrogen-bond donors (Lipinski definition) is 1. The van der Waals surface area contributed by atoms with E-state index in [1.807, 2.05) is 30.3 Å². The van der Waals surface area contributed by atoms with Crippen molar-refractivity contribution in [3.05, 3.63) is 71.9 Å². The maximum Gasteiger partial charge on any atom is 0.254 e. The summed E-state index contributed by atoms with van der Waals surface area (Å²) < 4.78 is 32.1. The minimum Gasteiger partial charge on any atom is -0.491 e. The van der Waals surface area contributed by atoms with Crippen LogP contribution in [-0.4, -0.2) is 24.0 Å². The van der Waals surface area contributed by atoms with Crippen LogP contribution >= 0.6 is 0 Å². The van der Waals surface area contributed by atoms with Crippen LogP contribution in [-0.2, 0) is 0 Å². The zero-order valence-electron chi connectivity index (χ0n) is 13.3. The number of pyridine rings is 1. The lowest BCUT2D eigenvalue weighted by molar-refractivity contribution is 0.0947. The van der Waals surface area contributed by atoms with Crippen LogP contribution in [0.15, 0.2) is 54.7 Å². The number of halogens is 2. The molecule has 1 aromatic heterocycles. The van der Waals surface area contributed by atoms with Gasteiger partial charge in [0.2, 0.25) is 0 Å². The number of benzene rings is 2. The lowest BCUT2D eigenvalue weighted by atomic mass is 10.2. The monoisotopic (exact) mass is 342 g/mol. The highest BCUT2D eigenvalue weighted by Crippen LogP contribution is 2.22. The molecule has 0 spiro atoms. The van der Waals surface area contributed by atoms with Gasteiger partial charge in [-0.2, -0.15) is 0 Å². The molecule has 3 rings (SSSR count). The van der Waals surface area contributed by atoms with Crippen LogP contribution in [0.4, 0.5) is 8.78 Å². The number of rotatable bonds is 6. The van der Waals surface area contributed by atoms with Crippen LogP contribution in [0.5, 0.6) is 5.75 Å². The number of carbonyl (C=O) groups excluding carboxylic acids is 1. The largest absolute Gasteiger partial charge is 0.491 e. The van der Waals surface area contributed by atoms with Gasteiger partial charge in [0.05, 0.1) is 12.2 Å². The molecule has 3 aromatic rings. The van der Waals surface area contributed by atoms with Gasteiger partial charge in [-0.1, -0.05) is 18.2 Å². The second kappa shape index (κ2) is 7.70. The third-order valence-corrected chi connectivity index (χ3v) is 3.64. The van der Waals surface area contributed by atoms with Crippen LogP contribution in [0.2, 0.25) is 0 Å². The van der Waals surface area contributed by atoms with E-state index in [-0.39, 0.29) is 5.56 Å². The summed E-state index contributed by atoms with van der Waals surface area (Å²) in [5, 5.41) is 3.57. The van der Waals surface area contributed by atoms with Crippen LogP contribution in [0.25, 0.3) is 10.9 Å². The van der Waals surface area contributed by atoms with E-state index in [2.05, 4.69) is 10.3 Å². The fourth-order valence-electron chi connectivity index (χ4n) is 2.42. The Morgan fingerprint density at radius 3 is 2.80 bits per heavy atom. The maximum absolute atomic E-state index is 13.5. The van der Waals surface area contributed by atoms with E-state index in [0.717, 1.165) is 23.0 Å². The molecule has 6 heteroatoms. The number of ether oxygens (including phenoxy) is 1. The predicted molar refractivity (Wildman–Crippen MR) is 90.5 cm³/mol. The summed E-state index contributed by atoms with van der Waals surface area (Å²) in [5.74, 6) is -1.50. The Bertz CT molecular complexity index is 894. The first-order chi connectivity index (χ1) is 12.1. The molecule has 1 amide bonds. The zero-order valence-corrected chi connectivity index (χ0v) is 13.3. The Morgan fingerprint density at radius 2 is 1.96 bits per heavy atom. The summed E-state index contributed by atoms with van der Waals surface area (Å²) in [4.78, 5) is 16.2. The second-order valence-electron chi connectivity index (χ2n) is 5.41. The van der Waals surface area contributed by atoms with Gasteiger partial charge >= 0.3 is 0 Å². The molecule has 0 radical (unpaired) electrons. The number of aromatic nitrogens is 1. The molecule has 0 aliphatic rings. The number of nitrogens with one attached hydrogen (secondary N) is 1. The van der Waals surface area contributed by atoms with E-state index in [1.165, 1.54) is 0 Å². The highest BCUT2D eigenvalue weighted by Gasteiger charge is 2.11. The van der Waals surface area contributed by atoms with Crippen molar-refractivity contribution < 1.29 is 18.3 Å². The minimum atomic E-state index is -0.879. The summed E-state index contributed by atoms with van der Waals surface area (Å²) >= 11 is 0. The van der Waals surface area contributed by atoms with Gasteiger partial charge in [0.1, 0.15) is 22.9 Å². The van der Waals surface area contributed by atoms with Gasteiger partial charge in [0.15, 0.2) is 0 Å². The van der Waals surface area contributed by atoms with Gasteiger partial charge in [-0.05, 0) is 30.7 Å². The molecular formula is C19H16F2N2O2. The Kier molecular flexibility index (Phi) is 5.18. The molecule has 1 heterocycles. The van der Waals surface area contributed by atoms with Crippen molar-refractivity contribution in [1.29, 1.82) is 0 Å². The van der Waals surface area contributed by atoms with E-state index < -0.39 is 17.5 Å². The summed E-state index contributed by atoms with van der Waals surface area (Å²) in [7, 11) is 0.